The molecule has 2 rings (SSSR count). The Morgan fingerprint density at radius 3 is 2.68 bits per heavy atom. The number of ether oxygens (including phenoxy) is 1. The van der Waals surface area contributed by atoms with E-state index in [1.807, 2.05) is 0 Å². The van der Waals surface area contributed by atoms with Gasteiger partial charge in [0, 0.05) is 22.8 Å². The zero-order valence-electron chi connectivity index (χ0n) is 9.64. The van der Waals surface area contributed by atoms with Crippen molar-refractivity contribution in [3.63, 3.8) is 0 Å². The Hall–Kier alpha value is -1.78. The number of carboxylic acids is 1. The predicted molar refractivity (Wildman–Crippen MR) is 72.0 cm³/mol. The number of benzene rings is 1. The third-order valence-corrected chi connectivity index (χ3v) is 2.82. The van der Waals surface area contributed by atoms with Crippen LogP contribution < -0.4 is 4.74 Å². The topological polar surface area (TPSA) is 59.4 Å². The Balaban J connectivity index is 2.17. The molecule has 0 saturated heterocycles. The lowest BCUT2D eigenvalue weighted by Gasteiger charge is -2.09. The monoisotopic (exact) mass is 297 g/mol. The van der Waals surface area contributed by atoms with E-state index >= 15 is 0 Å². The van der Waals surface area contributed by atoms with E-state index in [0.717, 1.165) is 0 Å². The fourth-order valence-corrected chi connectivity index (χ4v) is 1.84. The molecule has 1 heterocycles. The third-order valence-electron chi connectivity index (χ3n) is 2.38. The van der Waals surface area contributed by atoms with Crippen molar-refractivity contribution in [1.82, 2.24) is 4.98 Å². The lowest BCUT2D eigenvalue weighted by Crippen LogP contribution is -2.05. The Morgan fingerprint density at radius 1 is 1.21 bits per heavy atom. The molecule has 0 aliphatic heterocycles. The van der Waals surface area contributed by atoms with E-state index in [2.05, 4.69) is 4.98 Å². The number of carboxylic acid groups (broad SMARTS) is 1. The van der Waals surface area contributed by atoms with Crippen molar-refractivity contribution >= 4 is 29.2 Å². The maximum Gasteiger partial charge on any atom is 0.336 e. The number of aromatic nitrogens is 1. The molecule has 0 unspecified atom stereocenters. The van der Waals surface area contributed by atoms with Gasteiger partial charge in [0.1, 0.15) is 12.4 Å². The van der Waals surface area contributed by atoms with Crippen LogP contribution in [0.3, 0.4) is 0 Å². The Bertz CT molecular complexity index is 617. The summed E-state index contributed by atoms with van der Waals surface area (Å²) >= 11 is 11.5. The fourth-order valence-electron chi connectivity index (χ4n) is 1.51. The Kier molecular flexibility index (Phi) is 4.24. The van der Waals surface area contributed by atoms with Crippen LogP contribution in [0.15, 0.2) is 36.7 Å². The summed E-state index contributed by atoms with van der Waals surface area (Å²) in [5.74, 6) is -0.580. The second-order valence-corrected chi connectivity index (χ2v) is 4.61. The average Bonchev–Trinajstić information content (AvgIpc) is 2.37. The molecule has 4 nitrogen and oxygen atoms in total. The largest absolute Gasteiger partial charge is 0.487 e. The number of aromatic carboxylic acids is 1. The molecule has 6 heteroatoms. The van der Waals surface area contributed by atoms with Crippen LogP contribution in [0.4, 0.5) is 0 Å². The van der Waals surface area contributed by atoms with Crippen LogP contribution in [0.25, 0.3) is 0 Å². The molecule has 0 atom stereocenters. The standard InChI is InChI=1S/C13H9Cl2NO3/c14-9-2-1-8(12(4-9)13(17)18)7-19-11-3-10(15)5-16-6-11/h1-6H,7H2,(H,17,18). The number of halogens is 2. The minimum absolute atomic E-state index is 0.0980. The van der Waals surface area contributed by atoms with Crippen molar-refractivity contribution in [3.05, 3.63) is 57.8 Å². The van der Waals surface area contributed by atoms with Gasteiger partial charge in [-0.05, 0) is 12.1 Å². The van der Waals surface area contributed by atoms with Gasteiger partial charge in [-0.3, -0.25) is 4.98 Å². The molecule has 0 aliphatic rings. The summed E-state index contributed by atoms with van der Waals surface area (Å²) in [7, 11) is 0. The zero-order valence-corrected chi connectivity index (χ0v) is 11.1. The zero-order chi connectivity index (χ0) is 13.8. The molecule has 0 bridgehead atoms. The molecule has 1 aromatic heterocycles. The third kappa shape index (κ3) is 3.59. The summed E-state index contributed by atoms with van der Waals surface area (Å²) in [5.41, 5.74) is 0.638. The van der Waals surface area contributed by atoms with Crippen LogP contribution in [-0.2, 0) is 6.61 Å². The molecule has 1 aromatic carbocycles. The van der Waals surface area contributed by atoms with E-state index in [9.17, 15) is 4.79 Å². The van der Waals surface area contributed by atoms with Gasteiger partial charge in [-0.1, -0.05) is 29.3 Å². The van der Waals surface area contributed by atoms with Gasteiger partial charge in [-0.15, -0.1) is 0 Å². The molecular weight excluding hydrogens is 289 g/mol. The number of rotatable bonds is 4. The number of pyridine rings is 1. The van der Waals surface area contributed by atoms with Crippen LogP contribution in [0.5, 0.6) is 5.75 Å². The smallest absolute Gasteiger partial charge is 0.336 e. The van der Waals surface area contributed by atoms with Crippen LogP contribution in [-0.4, -0.2) is 16.1 Å². The van der Waals surface area contributed by atoms with Crippen molar-refractivity contribution in [2.45, 2.75) is 6.61 Å². The van der Waals surface area contributed by atoms with Crippen LogP contribution in [0.2, 0.25) is 10.0 Å². The molecule has 1 N–H and O–H groups in total. The molecule has 19 heavy (non-hydrogen) atoms. The molecule has 0 amide bonds. The Morgan fingerprint density at radius 2 is 2.00 bits per heavy atom. The van der Waals surface area contributed by atoms with E-state index < -0.39 is 5.97 Å². The summed E-state index contributed by atoms with van der Waals surface area (Å²) in [4.78, 5) is 15.0. The molecule has 0 aliphatic carbocycles. The van der Waals surface area contributed by atoms with Crippen LogP contribution in [0.1, 0.15) is 15.9 Å². The van der Waals surface area contributed by atoms with E-state index in [1.54, 1.807) is 18.2 Å². The van der Waals surface area contributed by atoms with Gasteiger partial charge >= 0.3 is 5.97 Å². The van der Waals surface area contributed by atoms with Crippen molar-refractivity contribution in [2.75, 3.05) is 0 Å². The minimum atomic E-state index is -1.05. The molecule has 0 spiro atoms. The summed E-state index contributed by atoms with van der Waals surface area (Å²) in [6.45, 7) is 0.0980. The fraction of sp³-hybridized carbons (Fsp3) is 0.0769. The summed E-state index contributed by atoms with van der Waals surface area (Å²) < 4.78 is 5.45. The maximum absolute atomic E-state index is 11.1. The average molecular weight is 298 g/mol. The molecule has 0 fully saturated rings. The lowest BCUT2D eigenvalue weighted by molar-refractivity contribution is 0.0694. The first-order valence-corrected chi connectivity index (χ1v) is 6.07. The first-order chi connectivity index (χ1) is 9.06. The van der Waals surface area contributed by atoms with Crippen molar-refractivity contribution in [1.29, 1.82) is 0 Å². The quantitative estimate of drug-likeness (QED) is 0.935. The second-order valence-electron chi connectivity index (χ2n) is 3.73. The summed E-state index contributed by atoms with van der Waals surface area (Å²) in [6, 6.07) is 6.22. The van der Waals surface area contributed by atoms with Gasteiger partial charge < -0.3 is 9.84 Å². The van der Waals surface area contributed by atoms with Gasteiger partial charge in [0.25, 0.3) is 0 Å². The number of hydrogen-bond donors (Lipinski definition) is 1. The number of hydrogen-bond acceptors (Lipinski definition) is 3. The van der Waals surface area contributed by atoms with Gasteiger partial charge in [0.2, 0.25) is 0 Å². The SMILES string of the molecule is O=C(O)c1cc(Cl)ccc1COc1cncc(Cl)c1. The molecule has 98 valence electrons. The predicted octanol–water partition coefficient (Wildman–Crippen LogP) is 3.67. The highest BCUT2D eigenvalue weighted by atomic mass is 35.5. The van der Waals surface area contributed by atoms with E-state index in [-0.39, 0.29) is 12.2 Å². The molecule has 2 aromatic rings. The normalized spacial score (nSPS) is 10.2. The van der Waals surface area contributed by atoms with E-state index in [0.29, 0.717) is 21.4 Å². The van der Waals surface area contributed by atoms with Gasteiger partial charge in [-0.2, -0.15) is 0 Å². The Labute approximate surface area is 119 Å². The van der Waals surface area contributed by atoms with Gasteiger partial charge in [0.15, 0.2) is 0 Å². The van der Waals surface area contributed by atoms with Gasteiger partial charge in [0.05, 0.1) is 16.8 Å². The molecular formula is C13H9Cl2NO3. The van der Waals surface area contributed by atoms with Crippen LogP contribution >= 0.6 is 23.2 Å². The van der Waals surface area contributed by atoms with Crippen LogP contribution in [0, 0.1) is 0 Å². The van der Waals surface area contributed by atoms with Crippen molar-refractivity contribution in [3.8, 4) is 5.75 Å². The maximum atomic E-state index is 11.1. The highest BCUT2D eigenvalue weighted by Crippen LogP contribution is 2.20. The first kappa shape index (κ1) is 13.6. The minimum Gasteiger partial charge on any atom is -0.487 e. The summed E-state index contributed by atoms with van der Waals surface area (Å²) in [6.07, 6.45) is 2.99. The summed E-state index contributed by atoms with van der Waals surface area (Å²) in [5, 5.41) is 9.90. The van der Waals surface area contributed by atoms with E-state index in [1.165, 1.54) is 18.5 Å². The van der Waals surface area contributed by atoms with Crippen molar-refractivity contribution in [2.24, 2.45) is 0 Å². The number of carbonyl (C=O) groups is 1. The molecule has 0 saturated carbocycles. The van der Waals surface area contributed by atoms with Gasteiger partial charge in [-0.25, -0.2) is 4.79 Å². The van der Waals surface area contributed by atoms with Crippen molar-refractivity contribution < 1.29 is 14.6 Å². The lowest BCUT2D eigenvalue weighted by atomic mass is 10.1. The number of nitrogens with zero attached hydrogens (tertiary/aromatic N) is 1. The highest BCUT2D eigenvalue weighted by molar-refractivity contribution is 6.31. The second kappa shape index (κ2) is 5.91. The first-order valence-electron chi connectivity index (χ1n) is 5.31. The van der Waals surface area contributed by atoms with E-state index in [4.69, 9.17) is 33.0 Å². The molecule has 0 radical (unpaired) electrons. The highest BCUT2D eigenvalue weighted by Gasteiger charge is 2.11.